The van der Waals surface area contributed by atoms with Crippen molar-refractivity contribution < 1.29 is 14.6 Å². The number of Topliss-reactive ketones (excluding diaryl/α,β-unsaturated/α-hetero) is 1. The van der Waals surface area contributed by atoms with Crippen molar-refractivity contribution in [3.05, 3.63) is 0 Å². The average molecular weight is 160 g/mol. The van der Waals surface area contributed by atoms with E-state index in [1.54, 1.807) is 0 Å². The Morgan fingerprint density at radius 3 is 2.73 bits per heavy atom. The van der Waals surface area contributed by atoms with E-state index in [-0.39, 0.29) is 24.9 Å². The Balaban J connectivity index is 3.30. The maximum Gasteiger partial charge on any atom is 0.158 e. The molecule has 0 saturated heterocycles. The van der Waals surface area contributed by atoms with Gasteiger partial charge in [-0.2, -0.15) is 0 Å². The van der Waals surface area contributed by atoms with Crippen molar-refractivity contribution in [2.24, 2.45) is 5.92 Å². The van der Waals surface area contributed by atoms with Crippen LogP contribution in [-0.4, -0.2) is 31.2 Å². The SMILES string of the molecule is COCC(=O)CCC(C)CO. The predicted octanol–water partition coefficient (Wildman–Crippen LogP) is 0.611. The van der Waals surface area contributed by atoms with Crippen LogP contribution in [0.25, 0.3) is 0 Å². The summed E-state index contributed by atoms with van der Waals surface area (Å²) in [6.07, 6.45) is 1.26. The molecule has 3 heteroatoms. The Morgan fingerprint density at radius 1 is 1.64 bits per heavy atom. The molecule has 0 aromatic rings. The molecule has 1 N–H and O–H groups in total. The molecule has 0 radical (unpaired) electrons. The molecule has 0 aliphatic heterocycles. The summed E-state index contributed by atoms with van der Waals surface area (Å²) in [5, 5.41) is 8.64. The van der Waals surface area contributed by atoms with Crippen molar-refractivity contribution in [3.63, 3.8) is 0 Å². The zero-order valence-corrected chi connectivity index (χ0v) is 7.17. The zero-order valence-electron chi connectivity index (χ0n) is 7.17. The molecule has 1 atom stereocenters. The number of carbonyl (C=O) groups excluding carboxylic acids is 1. The van der Waals surface area contributed by atoms with Crippen molar-refractivity contribution >= 4 is 5.78 Å². The van der Waals surface area contributed by atoms with E-state index in [4.69, 9.17) is 5.11 Å². The summed E-state index contributed by atoms with van der Waals surface area (Å²) >= 11 is 0. The molecule has 3 nitrogen and oxygen atoms in total. The normalized spacial score (nSPS) is 13.0. The molecule has 0 amide bonds. The van der Waals surface area contributed by atoms with E-state index >= 15 is 0 Å². The summed E-state index contributed by atoms with van der Waals surface area (Å²) in [6.45, 7) is 2.26. The summed E-state index contributed by atoms with van der Waals surface area (Å²) in [5.41, 5.74) is 0. The maximum atomic E-state index is 10.9. The van der Waals surface area contributed by atoms with Crippen molar-refractivity contribution in [1.82, 2.24) is 0 Å². The molecule has 0 saturated carbocycles. The molecule has 0 aliphatic carbocycles. The minimum absolute atomic E-state index is 0.104. The Kier molecular flexibility index (Phi) is 6.07. The summed E-state index contributed by atoms with van der Waals surface area (Å²) in [6, 6.07) is 0. The van der Waals surface area contributed by atoms with Gasteiger partial charge in [-0.1, -0.05) is 6.92 Å². The van der Waals surface area contributed by atoms with Crippen molar-refractivity contribution in [1.29, 1.82) is 0 Å². The summed E-state index contributed by atoms with van der Waals surface area (Å²) < 4.78 is 4.66. The van der Waals surface area contributed by atoms with Crippen LogP contribution in [0.1, 0.15) is 19.8 Å². The highest BCUT2D eigenvalue weighted by molar-refractivity contribution is 5.79. The van der Waals surface area contributed by atoms with E-state index in [2.05, 4.69) is 4.74 Å². The Labute approximate surface area is 67.4 Å². The standard InChI is InChI=1S/C8H16O3/c1-7(5-9)3-4-8(10)6-11-2/h7,9H,3-6H2,1-2H3. The summed E-state index contributed by atoms with van der Waals surface area (Å²) in [7, 11) is 1.51. The first-order chi connectivity index (χ1) is 5.20. The molecular formula is C8H16O3. The van der Waals surface area contributed by atoms with Crippen LogP contribution < -0.4 is 0 Å². The molecule has 0 fully saturated rings. The highest BCUT2D eigenvalue weighted by Crippen LogP contribution is 2.04. The highest BCUT2D eigenvalue weighted by atomic mass is 16.5. The van der Waals surface area contributed by atoms with Gasteiger partial charge in [0.15, 0.2) is 5.78 Å². The lowest BCUT2D eigenvalue weighted by molar-refractivity contribution is -0.122. The molecule has 0 aromatic heterocycles. The van der Waals surface area contributed by atoms with Crippen molar-refractivity contribution in [3.8, 4) is 0 Å². The number of ether oxygens (including phenoxy) is 1. The molecule has 1 unspecified atom stereocenters. The van der Waals surface area contributed by atoms with Gasteiger partial charge in [-0.25, -0.2) is 0 Å². The van der Waals surface area contributed by atoms with Crippen LogP contribution in [0.2, 0.25) is 0 Å². The van der Waals surface area contributed by atoms with E-state index in [1.165, 1.54) is 7.11 Å². The van der Waals surface area contributed by atoms with E-state index in [0.717, 1.165) is 6.42 Å². The van der Waals surface area contributed by atoms with Gasteiger partial charge in [0.2, 0.25) is 0 Å². The van der Waals surface area contributed by atoms with Crippen LogP contribution in [0.4, 0.5) is 0 Å². The highest BCUT2D eigenvalue weighted by Gasteiger charge is 2.04. The number of methoxy groups -OCH3 is 1. The first-order valence-electron chi connectivity index (χ1n) is 3.82. The Morgan fingerprint density at radius 2 is 2.27 bits per heavy atom. The number of rotatable bonds is 6. The van der Waals surface area contributed by atoms with Gasteiger partial charge < -0.3 is 9.84 Å². The number of carbonyl (C=O) groups is 1. The maximum absolute atomic E-state index is 10.9. The van der Waals surface area contributed by atoms with Crippen LogP contribution in [0.3, 0.4) is 0 Å². The molecule has 66 valence electrons. The minimum Gasteiger partial charge on any atom is -0.396 e. The van der Waals surface area contributed by atoms with Gasteiger partial charge in [-0.3, -0.25) is 4.79 Å². The van der Waals surface area contributed by atoms with Crippen LogP contribution in [0.5, 0.6) is 0 Å². The smallest absolute Gasteiger partial charge is 0.158 e. The van der Waals surface area contributed by atoms with Gasteiger partial charge in [0, 0.05) is 20.1 Å². The van der Waals surface area contributed by atoms with Crippen LogP contribution in [-0.2, 0) is 9.53 Å². The van der Waals surface area contributed by atoms with Gasteiger partial charge in [-0.05, 0) is 12.3 Å². The van der Waals surface area contributed by atoms with Gasteiger partial charge in [0.1, 0.15) is 6.61 Å². The van der Waals surface area contributed by atoms with Gasteiger partial charge >= 0.3 is 0 Å². The van der Waals surface area contributed by atoms with Crippen molar-refractivity contribution in [2.75, 3.05) is 20.3 Å². The number of ketones is 1. The van der Waals surface area contributed by atoms with E-state index < -0.39 is 0 Å². The predicted molar refractivity (Wildman–Crippen MR) is 42.4 cm³/mol. The van der Waals surface area contributed by atoms with Crippen molar-refractivity contribution in [2.45, 2.75) is 19.8 Å². The van der Waals surface area contributed by atoms with Gasteiger partial charge in [0.05, 0.1) is 0 Å². The molecular weight excluding hydrogens is 144 g/mol. The number of aliphatic hydroxyl groups is 1. The largest absolute Gasteiger partial charge is 0.396 e. The third-order valence-electron chi connectivity index (χ3n) is 1.53. The molecule has 0 heterocycles. The Hall–Kier alpha value is -0.410. The van der Waals surface area contributed by atoms with Crippen LogP contribution >= 0.6 is 0 Å². The summed E-state index contributed by atoms with van der Waals surface area (Å²) in [4.78, 5) is 10.9. The first-order valence-corrected chi connectivity index (χ1v) is 3.82. The van der Waals surface area contributed by atoms with Crippen LogP contribution in [0.15, 0.2) is 0 Å². The van der Waals surface area contributed by atoms with E-state index in [9.17, 15) is 4.79 Å². The molecule has 0 bridgehead atoms. The fourth-order valence-electron chi connectivity index (χ4n) is 0.732. The fraction of sp³-hybridized carbons (Fsp3) is 0.875. The molecule has 11 heavy (non-hydrogen) atoms. The molecule has 0 aliphatic rings. The molecule has 0 rings (SSSR count). The lowest BCUT2D eigenvalue weighted by Crippen LogP contribution is -2.09. The quantitative estimate of drug-likeness (QED) is 0.619. The lowest BCUT2D eigenvalue weighted by atomic mass is 10.1. The third-order valence-corrected chi connectivity index (χ3v) is 1.53. The monoisotopic (exact) mass is 160 g/mol. The third kappa shape index (κ3) is 6.01. The van der Waals surface area contributed by atoms with Gasteiger partial charge in [-0.15, -0.1) is 0 Å². The zero-order chi connectivity index (χ0) is 8.69. The second-order valence-electron chi connectivity index (χ2n) is 2.80. The van der Waals surface area contributed by atoms with Gasteiger partial charge in [0.25, 0.3) is 0 Å². The Bertz CT molecular complexity index is 112. The number of aliphatic hydroxyl groups excluding tert-OH is 1. The first kappa shape index (κ1) is 10.6. The van der Waals surface area contributed by atoms with E-state index in [1.807, 2.05) is 6.92 Å². The lowest BCUT2D eigenvalue weighted by Gasteiger charge is -2.05. The second kappa shape index (κ2) is 6.31. The minimum atomic E-state index is 0.104. The van der Waals surface area contributed by atoms with E-state index in [0.29, 0.717) is 6.42 Å². The van der Waals surface area contributed by atoms with Crippen LogP contribution in [0, 0.1) is 5.92 Å². The molecule has 0 aromatic carbocycles. The summed E-state index contributed by atoms with van der Waals surface area (Å²) in [5.74, 6) is 0.323. The topological polar surface area (TPSA) is 46.5 Å². The number of hydrogen-bond acceptors (Lipinski definition) is 3. The average Bonchev–Trinajstić information content (AvgIpc) is 2.01. The number of hydrogen-bond donors (Lipinski definition) is 1. The second-order valence-corrected chi connectivity index (χ2v) is 2.80. The molecule has 0 spiro atoms. The fourth-order valence-corrected chi connectivity index (χ4v) is 0.732.